The monoisotopic (exact) mass is 250 g/mol. The van der Waals surface area contributed by atoms with E-state index in [0.29, 0.717) is 18.0 Å². The van der Waals surface area contributed by atoms with E-state index < -0.39 is 5.82 Å². The second-order valence-corrected chi connectivity index (χ2v) is 4.96. The Morgan fingerprint density at radius 1 is 1.50 bits per heavy atom. The third kappa shape index (κ3) is 2.53. The molecule has 1 aromatic carbocycles. The van der Waals surface area contributed by atoms with E-state index in [4.69, 9.17) is 0 Å². The maximum absolute atomic E-state index is 13.6. The van der Waals surface area contributed by atoms with Gasteiger partial charge >= 0.3 is 0 Å². The van der Waals surface area contributed by atoms with Crippen LogP contribution in [-0.2, 0) is 0 Å². The van der Waals surface area contributed by atoms with Crippen molar-refractivity contribution in [1.82, 2.24) is 4.90 Å². The van der Waals surface area contributed by atoms with Gasteiger partial charge in [-0.2, -0.15) is 0 Å². The molecule has 1 heterocycles. The van der Waals surface area contributed by atoms with Crippen LogP contribution in [-0.4, -0.2) is 44.4 Å². The Labute approximate surface area is 107 Å². The molecule has 1 fully saturated rings. The van der Waals surface area contributed by atoms with Crippen LogP contribution in [0.1, 0.15) is 23.2 Å². The normalized spacial score (nSPS) is 20.7. The molecule has 0 saturated carbocycles. The molecule has 0 aliphatic carbocycles. The van der Waals surface area contributed by atoms with Gasteiger partial charge in [-0.05, 0) is 38.6 Å². The van der Waals surface area contributed by atoms with E-state index in [-0.39, 0.29) is 5.56 Å². The summed E-state index contributed by atoms with van der Waals surface area (Å²) in [7, 11) is 4.03. The fourth-order valence-electron chi connectivity index (χ4n) is 2.60. The van der Waals surface area contributed by atoms with Crippen LogP contribution in [0.3, 0.4) is 0 Å². The highest BCUT2D eigenvalue weighted by molar-refractivity contribution is 5.85. The molecule has 4 heteroatoms. The smallest absolute Gasteiger partial charge is 0.155 e. The number of aldehydes is 1. The summed E-state index contributed by atoms with van der Waals surface area (Å²) in [6, 6.07) is 5.13. The molecule has 98 valence electrons. The average molecular weight is 250 g/mol. The Kier molecular flexibility index (Phi) is 3.97. The number of anilines is 1. The molecule has 0 amide bonds. The largest absolute Gasteiger partial charge is 0.370 e. The summed E-state index contributed by atoms with van der Waals surface area (Å²) in [5, 5.41) is 0. The molecule has 1 aliphatic heterocycles. The lowest BCUT2D eigenvalue weighted by molar-refractivity contribution is 0.112. The summed E-state index contributed by atoms with van der Waals surface area (Å²) in [5.41, 5.74) is 0.846. The van der Waals surface area contributed by atoms with E-state index in [1.54, 1.807) is 12.1 Å². The van der Waals surface area contributed by atoms with Crippen molar-refractivity contribution >= 4 is 12.0 Å². The molecule has 2 rings (SSSR count). The van der Waals surface area contributed by atoms with Crippen molar-refractivity contribution in [2.45, 2.75) is 18.9 Å². The first-order chi connectivity index (χ1) is 8.63. The summed E-state index contributed by atoms with van der Waals surface area (Å²) in [6.07, 6.45) is 2.82. The number of hydrogen-bond acceptors (Lipinski definition) is 3. The highest BCUT2D eigenvalue weighted by atomic mass is 19.1. The molecule has 1 saturated heterocycles. The number of likely N-dealkylation sites (N-methyl/N-ethyl adjacent to an activating group) is 2. The van der Waals surface area contributed by atoms with Crippen molar-refractivity contribution in [2.75, 3.05) is 32.1 Å². The van der Waals surface area contributed by atoms with Gasteiger partial charge in [0.15, 0.2) is 6.29 Å². The SMILES string of the molecule is CN1CCCC(N(C)c2cccc(F)c2C=O)C1. The van der Waals surface area contributed by atoms with Crippen LogP contribution in [0.15, 0.2) is 18.2 Å². The topological polar surface area (TPSA) is 23.6 Å². The fraction of sp³-hybridized carbons (Fsp3) is 0.500. The number of halogens is 1. The minimum atomic E-state index is -0.446. The highest BCUT2D eigenvalue weighted by Gasteiger charge is 2.23. The van der Waals surface area contributed by atoms with Crippen LogP contribution in [0.2, 0.25) is 0 Å². The number of hydrogen-bond donors (Lipinski definition) is 0. The third-order valence-corrected chi connectivity index (χ3v) is 3.68. The summed E-state index contributed by atoms with van der Waals surface area (Å²) in [6.45, 7) is 2.05. The molecule has 18 heavy (non-hydrogen) atoms. The van der Waals surface area contributed by atoms with Gasteiger partial charge in [0.05, 0.1) is 11.3 Å². The lowest BCUT2D eigenvalue weighted by Crippen LogP contribution is -2.45. The molecule has 0 aromatic heterocycles. The molecule has 0 radical (unpaired) electrons. The molecule has 1 aliphatic rings. The molecule has 1 aromatic rings. The van der Waals surface area contributed by atoms with Crippen molar-refractivity contribution < 1.29 is 9.18 Å². The van der Waals surface area contributed by atoms with Crippen LogP contribution < -0.4 is 4.90 Å². The molecule has 0 N–H and O–H groups in total. The molecule has 3 nitrogen and oxygen atoms in total. The van der Waals surface area contributed by atoms with Crippen LogP contribution in [0.4, 0.5) is 10.1 Å². The first-order valence-corrected chi connectivity index (χ1v) is 6.28. The van der Waals surface area contributed by atoms with Gasteiger partial charge in [-0.25, -0.2) is 4.39 Å². The Morgan fingerprint density at radius 3 is 2.94 bits per heavy atom. The van der Waals surface area contributed by atoms with E-state index in [9.17, 15) is 9.18 Å². The number of carbonyl (C=O) groups excluding carboxylic acids is 1. The van der Waals surface area contributed by atoms with E-state index in [1.807, 2.05) is 11.9 Å². The zero-order chi connectivity index (χ0) is 13.1. The maximum Gasteiger partial charge on any atom is 0.155 e. The predicted octanol–water partition coefficient (Wildman–Crippen LogP) is 2.17. The second-order valence-electron chi connectivity index (χ2n) is 4.96. The second kappa shape index (κ2) is 5.48. The van der Waals surface area contributed by atoms with E-state index >= 15 is 0 Å². The Balaban J connectivity index is 2.25. The first-order valence-electron chi connectivity index (χ1n) is 6.28. The van der Waals surface area contributed by atoms with Gasteiger partial charge in [0, 0.05) is 19.6 Å². The van der Waals surface area contributed by atoms with Gasteiger partial charge in [0.2, 0.25) is 0 Å². The lowest BCUT2D eigenvalue weighted by atomic mass is 10.0. The Bertz CT molecular complexity index is 436. The minimum absolute atomic E-state index is 0.160. The summed E-state index contributed by atoms with van der Waals surface area (Å²) in [4.78, 5) is 15.3. The van der Waals surface area contributed by atoms with Crippen LogP contribution >= 0.6 is 0 Å². The van der Waals surface area contributed by atoms with E-state index in [1.165, 1.54) is 6.07 Å². The van der Waals surface area contributed by atoms with Gasteiger partial charge in [0.1, 0.15) is 5.82 Å². The van der Waals surface area contributed by atoms with E-state index in [0.717, 1.165) is 25.9 Å². The van der Waals surface area contributed by atoms with Crippen molar-refractivity contribution in [3.8, 4) is 0 Å². The van der Waals surface area contributed by atoms with Crippen LogP contribution in [0.5, 0.6) is 0 Å². The summed E-state index contributed by atoms with van der Waals surface area (Å²) in [5.74, 6) is -0.446. The zero-order valence-electron chi connectivity index (χ0n) is 10.9. The number of piperidine rings is 1. The predicted molar refractivity (Wildman–Crippen MR) is 70.7 cm³/mol. The number of likely N-dealkylation sites (tertiary alicyclic amines) is 1. The molecule has 0 bridgehead atoms. The van der Waals surface area contributed by atoms with Gasteiger partial charge < -0.3 is 9.80 Å². The maximum atomic E-state index is 13.6. The van der Waals surface area contributed by atoms with Crippen LogP contribution in [0, 0.1) is 5.82 Å². The minimum Gasteiger partial charge on any atom is -0.370 e. The van der Waals surface area contributed by atoms with Gasteiger partial charge in [-0.3, -0.25) is 4.79 Å². The van der Waals surface area contributed by atoms with Crippen molar-refractivity contribution in [1.29, 1.82) is 0 Å². The molecular formula is C14H19FN2O. The standard InChI is InChI=1S/C14H19FN2O/c1-16-8-4-5-11(9-16)17(2)14-7-3-6-13(15)12(14)10-18/h3,6-7,10-11H,4-5,8-9H2,1-2H3. The average Bonchev–Trinajstić information content (AvgIpc) is 2.37. The first kappa shape index (κ1) is 13.0. The van der Waals surface area contributed by atoms with Gasteiger partial charge in [0.25, 0.3) is 0 Å². The van der Waals surface area contributed by atoms with Gasteiger partial charge in [-0.15, -0.1) is 0 Å². The summed E-state index contributed by atoms with van der Waals surface area (Å²) < 4.78 is 13.6. The number of rotatable bonds is 3. The third-order valence-electron chi connectivity index (χ3n) is 3.68. The van der Waals surface area contributed by atoms with E-state index in [2.05, 4.69) is 11.9 Å². The van der Waals surface area contributed by atoms with Crippen LogP contribution in [0.25, 0.3) is 0 Å². The summed E-state index contributed by atoms with van der Waals surface area (Å²) >= 11 is 0. The Morgan fingerprint density at radius 2 is 2.28 bits per heavy atom. The number of nitrogens with zero attached hydrogens (tertiary/aromatic N) is 2. The van der Waals surface area contributed by atoms with Crippen molar-refractivity contribution in [2.24, 2.45) is 0 Å². The highest BCUT2D eigenvalue weighted by Crippen LogP contribution is 2.25. The lowest BCUT2D eigenvalue weighted by Gasteiger charge is -2.37. The number of benzene rings is 1. The molecule has 0 spiro atoms. The zero-order valence-corrected chi connectivity index (χ0v) is 10.9. The number of carbonyl (C=O) groups is 1. The van der Waals surface area contributed by atoms with Crippen molar-refractivity contribution in [3.05, 3.63) is 29.6 Å². The Hall–Kier alpha value is -1.42. The van der Waals surface area contributed by atoms with Crippen molar-refractivity contribution in [3.63, 3.8) is 0 Å². The molecule has 1 unspecified atom stereocenters. The fourth-order valence-corrected chi connectivity index (χ4v) is 2.60. The molecule has 1 atom stereocenters. The van der Waals surface area contributed by atoms with Gasteiger partial charge in [-0.1, -0.05) is 6.07 Å². The quantitative estimate of drug-likeness (QED) is 0.768. The molecular weight excluding hydrogens is 231 g/mol.